The highest BCUT2D eigenvalue weighted by molar-refractivity contribution is 9.10. The number of hydrogen-bond donors (Lipinski definition) is 1. The molecule has 0 saturated heterocycles. The minimum atomic E-state index is -4.15. The third kappa shape index (κ3) is 7.84. The molecule has 7 nitrogen and oxygen atoms in total. The summed E-state index contributed by atoms with van der Waals surface area (Å²) in [5.74, 6) is -0.838. The zero-order valence-corrected chi connectivity index (χ0v) is 25.6. The average Bonchev–Trinajstić information content (AvgIpc) is 2.92. The van der Waals surface area contributed by atoms with Gasteiger partial charge in [-0.05, 0) is 74.7 Å². The van der Waals surface area contributed by atoms with Crippen molar-refractivity contribution in [2.45, 2.75) is 57.6 Å². The summed E-state index contributed by atoms with van der Waals surface area (Å²) >= 11 is 9.67. The number of nitrogens with one attached hydrogen (secondary N) is 1. The number of benzene rings is 3. The normalized spacial score (nSPS) is 12.9. The number of sulfonamides is 1. The average molecular weight is 635 g/mol. The summed E-state index contributed by atoms with van der Waals surface area (Å²) in [7, 11) is -4.15. The molecule has 0 fully saturated rings. The Kier molecular flexibility index (Phi) is 10.6. The van der Waals surface area contributed by atoms with Gasteiger partial charge in [-0.15, -0.1) is 0 Å². The molecule has 0 bridgehead atoms. The van der Waals surface area contributed by atoms with Gasteiger partial charge in [-0.2, -0.15) is 0 Å². The Morgan fingerprint density at radius 2 is 1.64 bits per heavy atom. The molecule has 0 aromatic heterocycles. The first-order chi connectivity index (χ1) is 18.4. The lowest BCUT2D eigenvalue weighted by molar-refractivity contribution is -0.139. The van der Waals surface area contributed by atoms with Crippen LogP contribution in [0.5, 0.6) is 0 Å². The zero-order chi connectivity index (χ0) is 28.7. The summed E-state index contributed by atoms with van der Waals surface area (Å²) < 4.78 is 29.7. The quantitative estimate of drug-likeness (QED) is 0.283. The summed E-state index contributed by atoms with van der Waals surface area (Å²) in [4.78, 5) is 28.5. The van der Waals surface area contributed by atoms with E-state index in [0.717, 1.165) is 20.8 Å². The molecule has 0 aliphatic carbocycles. The van der Waals surface area contributed by atoms with Crippen molar-refractivity contribution in [3.05, 3.63) is 93.4 Å². The van der Waals surface area contributed by atoms with E-state index in [9.17, 15) is 18.0 Å². The first kappa shape index (κ1) is 30.7. The molecule has 3 aromatic rings. The van der Waals surface area contributed by atoms with Crippen molar-refractivity contribution >= 4 is 55.1 Å². The summed E-state index contributed by atoms with van der Waals surface area (Å²) in [6.07, 6.45) is 0.732. The standard InChI is InChI=1S/C29H33BrClN3O4S/c1-5-21(3)32-29(36)22(4)33(18-23-12-14-24(30)15-13-23)28(35)19-34(27-17-25(31)16-11-20(27)2)39(37,38)26-9-7-6-8-10-26/h6-17,21-22H,5,18-19H2,1-4H3,(H,32,36)/t21-,22+/m1/s1. The summed E-state index contributed by atoms with van der Waals surface area (Å²) in [5.41, 5.74) is 1.72. The molecule has 0 saturated carbocycles. The molecule has 0 radical (unpaired) electrons. The molecule has 208 valence electrons. The Balaban J connectivity index is 2.05. The predicted octanol–water partition coefficient (Wildman–Crippen LogP) is 5.94. The van der Waals surface area contributed by atoms with Gasteiger partial charge >= 0.3 is 0 Å². The summed E-state index contributed by atoms with van der Waals surface area (Å²) in [5, 5.41) is 3.26. The van der Waals surface area contributed by atoms with Crippen molar-refractivity contribution in [3.63, 3.8) is 0 Å². The van der Waals surface area contributed by atoms with Gasteiger partial charge in [0.1, 0.15) is 12.6 Å². The second-order valence-electron chi connectivity index (χ2n) is 9.40. The van der Waals surface area contributed by atoms with Crippen molar-refractivity contribution in [3.8, 4) is 0 Å². The molecule has 0 aliphatic rings. The maximum Gasteiger partial charge on any atom is 0.264 e. The third-order valence-electron chi connectivity index (χ3n) is 6.48. The molecule has 1 N–H and O–H groups in total. The van der Waals surface area contributed by atoms with Crippen LogP contribution in [0, 0.1) is 6.92 Å². The van der Waals surface area contributed by atoms with Crippen molar-refractivity contribution < 1.29 is 18.0 Å². The van der Waals surface area contributed by atoms with Crippen LogP contribution >= 0.6 is 27.5 Å². The van der Waals surface area contributed by atoms with Crippen molar-refractivity contribution in [2.75, 3.05) is 10.8 Å². The Morgan fingerprint density at radius 3 is 2.26 bits per heavy atom. The van der Waals surface area contributed by atoms with Crippen molar-refractivity contribution in [1.29, 1.82) is 0 Å². The lowest BCUT2D eigenvalue weighted by Crippen LogP contribution is -2.52. The van der Waals surface area contributed by atoms with Gasteiger partial charge in [-0.25, -0.2) is 8.42 Å². The molecule has 10 heteroatoms. The second kappa shape index (κ2) is 13.5. The molecule has 0 heterocycles. The Bertz CT molecular complexity index is 1400. The van der Waals surface area contributed by atoms with Gasteiger partial charge in [0.25, 0.3) is 10.0 Å². The van der Waals surface area contributed by atoms with E-state index in [1.165, 1.54) is 23.1 Å². The fourth-order valence-electron chi connectivity index (χ4n) is 3.92. The van der Waals surface area contributed by atoms with E-state index in [1.54, 1.807) is 44.2 Å². The summed E-state index contributed by atoms with van der Waals surface area (Å²) in [6.45, 7) is 6.85. The SMILES string of the molecule is CC[C@@H](C)NC(=O)[C@H](C)N(Cc1ccc(Br)cc1)C(=O)CN(c1cc(Cl)ccc1C)S(=O)(=O)c1ccccc1. The van der Waals surface area contributed by atoms with E-state index in [0.29, 0.717) is 16.3 Å². The third-order valence-corrected chi connectivity index (χ3v) is 9.02. The van der Waals surface area contributed by atoms with Crippen LogP contribution in [0.2, 0.25) is 5.02 Å². The van der Waals surface area contributed by atoms with Crippen LogP contribution in [0.15, 0.2) is 82.2 Å². The second-order valence-corrected chi connectivity index (χ2v) is 12.6. The fraction of sp³-hybridized carbons (Fsp3) is 0.310. The number of anilines is 1. The molecule has 3 aromatic carbocycles. The highest BCUT2D eigenvalue weighted by Crippen LogP contribution is 2.30. The molecule has 0 spiro atoms. The van der Waals surface area contributed by atoms with Crippen molar-refractivity contribution in [1.82, 2.24) is 10.2 Å². The Morgan fingerprint density at radius 1 is 1.00 bits per heavy atom. The lowest BCUT2D eigenvalue weighted by atomic mass is 10.1. The van der Waals surface area contributed by atoms with E-state index in [2.05, 4.69) is 21.2 Å². The van der Waals surface area contributed by atoms with Crippen LogP contribution < -0.4 is 9.62 Å². The number of hydrogen-bond acceptors (Lipinski definition) is 4. The molecule has 2 atom stereocenters. The van der Waals surface area contributed by atoms with Gasteiger partial charge < -0.3 is 10.2 Å². The first-order valence-corrected chi connectivity index (χ1v) is 15.2. The van der Waals surface area contributed by atoms with Gasteiger partial charge in [0, 0.05) is 22.1 Å². The van der Waals surface area contributed by atoms with Crippen LogP contribution in [0.25, 0.3) is 0 Å². The molecular formula is C29H33BrClN3O4S. The maximum absolute atomic E-state index is 14.0. The van der Waals surface area contributed by atoms with Crippen molar-refractivity contribution in [2.24, 2.45) is 0 Å². The summed E-state index contributed by atoms with van der Waals surface area (Å²) in [6, 6.07) is 19.3. The molecular weight excluding hydrogens is 602 g/mol. The van der Waals surface area contributed by atoms with Crippen LogP contribution in [0.3, 0.4) is 0 Å². The Hall–Kier alpha value is -2.88. The molecule has 2 amide bonds. The fourth-order valence-corrected chi connectivity index (χ4v) is 5.84. The minimum Gasteiger partial charge on any atom is -0.352 e. The van der Waals surface area contributed by atoms with E-state index in [1.807, 2.05) is 38.1 Å². The predicted molar refractivity (Wildman–Crippen MR) is 159 cm³/mol. The van der Waals surface area contributed by atoms with E-state index >= 15 is 0 Å². The number of carbonyl (C=O) groups is 2. The first-order valence-electron chi connectivity index (χ1n) is 12.6. The van der Waals surface area contributed by atoms with Crippen LogP contribution in [-0.2, 0) is 26.2 Å². The molecule has 39 heavy (non-hydrogen) atoms. The van der Waals surface area contributed by atoms with Gasteiger partial charge in [-0.1, -0.05) is 70.9 Å². The highest BCUT2D eigenvalue weighted by atomic mass is 79.9. The Labute approximate surface area is 244 Å². The highest BCUT2D eigenvalue weighted by Gasteiger charge is 2.33. The number of aryl methyl sites for hydroxylation is 1. The van der Waals surface area contributed by atoms with Gasteiger partial charge in [0.2, 0.25) is 11.8 Å². The number of carbonyl (C=O) groups excluding carboxylic acids is 2. The maximum atomic E-state index is 14.0. The van der Waals surface area contributed by atoms with Crippen LogP contribution in [-0.4, -0.2) is 43.8 Å². The van der Waals surface area contributed by atoms with Gasteiger partial charge in [-0.3, -0.25) is 13.9 Å². The lowest BCUT2D eigenvalue weighted by Gasteiger charge is -2.33. The number of nitrogens with zero attached hydrogens (tertiary/aromatic N) is 2. The van der Waals surface area contributed by atoms with E-state index in [-0.39, 0.29) is 23.4 Å². The number of amides is 2. The molecule has 0 unspecified atom stereocenters. The largest absolute Gasteiger partial charge is 0.352 e. The number of rotatable bonds is 11. The topological polar surface area (TPSA) is 86.8 Å². The smallest absolute Gasteiger partial charge is 0.264 e. The van der Waals surface area contributed by atoms with Gasteiger partial charge in [0.15, 0.2) is 0 Å². The zero-order valence-electron chi connectivity index (χ0n) is 22.4. The monoisotopic (exact) mass is 633 g/mol. The number of halogens is 2. The van der Waals surface area contributed by atoms with E-state index < -0.39 is 28.5 Å². The minimum absolute atomic E-state index is 0.0409. The van der Waals surface area contributed by atoms with E-state index in [4.69, 9.17) is 11.6 Å². The van der Waals surface area contributed by atoms with Crippen LogP contribution in [0.1, 0.15) is 38.3 Å². The van der Waals surface area contributed by atoms with Gasteiger partial charge in [0.05, 0.1) is 10.6 Å². The molecule has 3 rings (SSSR count). The van der Waals surface area contributed by atoms with Crippen LogP contribution in [0.4, 0.5) is 5.69 Å². The molecule has 0 aliphatic heterocycles.